The van der Waals surface area contributed by atoms with Crippen LogP contribution in [0.15, 0.2) is 46.3 Å². The molecule has 0 saturated heterocycles. The first kappa shape index (κ1) is 15.6. The summed E-state index contributed by atoms with van der Waals surface area (Å²) < 4.78 is 1.02. The van der Waals surface area contributed by atoms with Crippen molar-refractivity contribution in [3.05, 3.63) is 62.4 Å². The molecule has 3 aromatic rings. The molecule has 0 fully saturated rings. The molecule has 1 aliphatic heterocycles. The standard InChI is InChI=1S/C18H16BrN3OS/c1-11-14-7-9-24-17(14)6-8-22(11)18(23)16-10-15(20-21-16)12-2-4-13(19)5-3-12/h2-5,7,9-11H,6,8H2,1H3,(H,20,21)/t11-/m1/s1. The van der Waals surface area contributed by atoms with Crippen LogP contribution in [-0.2, 0) is 6.42 Å². The molecule has 0 aliphatic carbocycles. The Bertz CT molecular complexity index is 884. The van der Waals surface area contributed by atoms with E-state index in [-0.39, 0.29) is 11.9 Å². The number of nitrogens with one attached hydrogen (secondary N) is 1. The topological polar surface area (TPSA) is 49.0 Å². The van der Waals surface area contributed by atoms with Gasteiger partial charge in [0, 0.05) is 21.5 Å². The monoisotopic (exact) mass is 401 g/mol. The SMILES string of the molecule is C[C@@H]1c2ccsc2CCN1C(=O)c1cc(-c2ccc(Br)cc2)n[nH]1. The predicted molar refractivity (Wildman–Crippen MR) is 99.2 cm³/mol. The highest BCUT2D eigenvalue weighted by Crippen LogP contribution is 2.33. The minimum atomic E-state index is 0.00946. The molecule has 122 valence electrons. The maximum absolute atomic E-state index is 12.9. The molecule has 0 spiro atoms. The molecule has 3 heterocycles. The number of carbonyl (C=O) groups excluding carboxylic acids is 1. The first-order valence-corrected chi connectivity index (χ1v) is 9.49. The van der Waals surface area contributed by atoms with Gasteiger partial charge in [-0.25, -0.2) is 0 Å². The van der Waals surface area contributed by atoms with Crippen molar-refractivity contribution >= 4 is 33.2 Å². The van der Waals surface area contributed by atoms with E-state index in [0.717, 1.165) is 28.7 Å². The summed E-state index contributed by atoms with van der Waals surface area (Å²) in [6.07, 6.45) is 0.927. The van der Waals surface area contributed by atoms with Crippen molar-refractivity contribution in [2.24, 2.45) is 0 Å². The van der Waals surface area contributed by atoms with Crippen molar-refractivity contribution in [1.29, 1.82) is 0 Å². The second-order valence-electron chi connectivity index (χ2n) is 5.90. The minimum Gasteiger partial charge on any atom is -0.330 e. The van der Waals surface area contributed by atoms with Gasteiger partial charge in [0.05, 0.1) is 11.7 Å². The highest BCUT2D eigenvalue weighted by atomic mass is 79.9. The van der Waals surface area contributed by atoms with Crippen molar-refractivity contribution in [1.82, 2.24) is 15.1 Å². The van der Waals surface area contributed by atoms with Crippen LogP contribution in [0, 0.1) is 0 Å². The molecule has 0 bridgehead atoms. The van der Waals surface area contributed by atoms with E-state index >= 15 is 0 Å². The van der Waals surface area contributed by atoms with Gasteiger partial charge in [-0.05, 0) is 48.6 Å². The average molecular weight is 402 g/mol. The second kappa shape index (κ2) is 6.18. The lowest BCUT2D eigenvalue weighted by molar-refractivity contribution is 0.0673. The molecule has 0 saturated carbocycles. The zero-order valence-electron chi connectivity index (χ0n) is 13.1. The summed E-state index contributed by atoms with van der Waals surface area (Å²) in [5.41, 5.74) is 3.58. The third-order valence-corrected chi connectivity index (χ3v) is 6.01. The fourth-order valence-electron chi connectivity index (χ4n) is 3.14. The van der Waals surface area contributed by atoms with Gasteiger partial charge in [-0.2, -0.15) is 5.10 Å². The average Bonchev–Trinajstić information content (AvgIpc) is 3.25. The van der Waals surface area contributed by atoms with E-state index in [1.54, 1.807) is 11.3 Å². The Hall–Kier alpha value is -1.92. The highest BCUT2D eigenvalue weighted by Gasteiger charge is 2.29. The molecular weight excluding hydrogens is 386 g/mol. The molecule has 0 radical (unpaired) electrons. The molecule has 4 nitrogen and oxygen atoms in total. The first-order chi connectivity index (χ1) is 11.6. The van der Waals surface area contributed by atoms with E-state index in [1.165, 1.54) is 10.4 Å². The highest BCUT2D eigenvalue weighted by molar-refractivity contribution is 9.10. The predicted octanol–water partition coefficient (Wildman–Crippen LogP) is 4.66. The zero-order chi connectivity index (χ0) is 16.7. The van der Waals surface area contributed by atoms with Crippen LogP contribution in [0.4, 0.5) is 0 Å². The molecular formula is C18H16BrN3OS. The van der Waals surface area contributed by atoms with Gasteiger partial charge in [0.1, 0.15) is 5.69 Å². The maximum Gasteiger partial charge on any atom is 0.272 e. The molecule has 4 rings (SSSR count). The normalized spacial score (nSPS) is 16.9. The lowest BCUT2D eigenvalue weighted by Gasteiger charge is -2.33. The van der Waals surface area contributed by atoms with E-state index in [0.29, 0.717) is 5.69 Å². The summed E-state index contributed by atoms with van der Waals surface area (Å²) >= 11 is 5.21. The number of halogens is 1. The summed E-state index contributed by atoms with van der Waals surface area (Å²) in [5.74, 6) is 0.00946. The Balaban J connectivity index is 1.59. The number of H-pyrrole nitrogens is 1. The minimum absolute atomic E-state index is 0.00946. The van der Waals surface area contributed by atoms with Gasteiger partial charge in [0.25, 0.3) is 5.91 Å². The molecule has 6 heteroatoms. The lowest BCUT2D eigenvalue weighted by atomic mass is 10.0. The van der Waals surface area contributed by atoms with E-state index in [9.17, 15) is 4.79 Å². The number of fused-ring (bicyclic) bond motifs is 1. The second-order valence-corrected chi connectivity index (χ2v) is 7.81. The Labute approximate surface area is 152 Å². The van der Waals surface area contributed by atoms with E-state index in [4.69, 9.17) is 0 Å². The number of hydrogen-bond donors (Lipinski definition) is 1. The molecule has 0 unspecified atom stereocenters. The van der Waals surface area contributed by atoms with Crippen LogP contribution in [0.2, 0.25) is 0 Å². The number of benzene rings is 1. The first-order valence-electron chi connectivity index (χ1n) is 7.82. The van der Waals surface area contributed by atoms with Gasteiger partial charge in [-0.15, -0.1) is 11.3 Å². The molecule has 1 aliphatic rings. The number of aromatic nitrogens is 2. The van der Waals surface area contributed by atoms with Crippen LogP contribution >= 0.6 is 27.3 Å². The lowest BCUT2D eigenvalue weighted by Crippen LogP contribution is -2.38. The molecule has 24 heavy (non-hydrogen) atoms. The van der Waals surface area contributed by atoms with Gasteiger partial charge < -0.3 is 4.90 Å². The van der Waals surface area contributed by atoms with E-state index in [1.807, 2.05) is 35.2 Å². The van der Waals surface area contributed by atoms with E-state index < -0.39 is 0 Å². The summed E-state index contributed by atoms with van der Waals surface area (Å²) in [6.45, 7) is 2.84. The Kier molecular flexibility index (Phi) is 4.02. The van der Waals surface area contributed by atoms with Crippen LogP contribution in [0.3, 0.4) is 0 Å². The summed E-state index contributed by atoms with van der Waals surface area (Å²) in [4.78, 5) is 16.2. The number of amides is 1. The summed E-state index contributed by atoms with van der Waals surface area (Å²) in [5, 5.41) is 9.32. The fourth-order valence-corrected chi connectivity index (χ4v) is 4.37. The molecule has 2 aromatic heterocycles. The van der Waals surface area contributed by atoms with Crippen molar-refractivity contribution < 1.29 is 4.79 Å². The Morgan fingerprint density at radius 3 is 2.92 bits per heavy atom. The van der Waals surface area contributed by atoms with Crippen molar-refractivity contribution in [3.63, 3.8) is 0 Å². The van der Waals surface area contributed by atoms with Crippen molar-refractivity contribution in [2.75, 3.05) is 6.54 Å². The van der Waals surface area contributed by atoms with Crippen molar-refractivity contribution in [2.45, 2.75) is 19.4 Å². The Morgan fingerprint density at radius 1 is 1.33 bits per heavy atom. The van der Waals surface area contributed by atoms with Crippen LogP contribution in [0.1, 0.15) is 33.9 Å². The smallest absolute Gasteiger partial charge is 0.272 e. The van der Waals surface area contributed by atoms with Gasteiger partial charge in [-0.3, -0.25) is 9.89 Å². The molecule has 1 N–H and O–H groups in total. The van der Waals surface area contributed by atoms with Gasteiger partial charge in [0.2, 0.25) is 0 Å². The number of rotatable bonds is 2. The number of thiophene rings is 1. The molecule has 1 amide bonds. The number of nitrogens with zero attached hydrogens (tertiary/aromatic N) is 2. The van der Waals surface area contributed by atoms with Crippen LogP contribution < -0.4 is 0 Å². The third-order valence-electron chi connectivity index (χ3n) is 4.49. The van der Waals surface area contributed by atoms with Gasteiger partial charge in [0.15, 0.2) is 0 Å². The summed E-state index contributed by atoms with van der Waals surface area (Å²) in [6, 6.07) is 12.0. The maximum atomic E-state index is 12.9. The van der Waals surface area contributed by atoms with Gasteiger partial charge >= 0.3 is 0 Å². The van der Waals surface area contributed by atoms with Crippen LogP contribution in [-0.4, -0.2) is 27.5 Å². The third kappa shape index (κ3) is 2.70. The quantitative estimate of drug-likeness (QED) is 0.678. The fraction of sp³-hybridized carbons (Fsp3) is 0.222. The van der Waals surface area contributed by atoms with E-state index in [2.05, 4.69) is 44.5 Å². The van der Waals surface area contributed by atoms with Crippen LogP contribution in [0.5, 0.6) is 0 Å². The van der Waals surface area contributed by atoms with Crippen molar-refractivity contribution in [3.8, 4) is 11.3 Å². The largest absolute Gasteiger partial charge is 0.330 e. The van der Waals surface area contributed by atoms with Gasteiger partial charge in [-0.1, -0.05) is 28.1 Å². The number of hydrogen-bond acceptors (Lipinski definition) is 3. The zero-order valence-corrected chi connectivity index (χ0v) is 15.5. The van der Waals surface area contributed by atoms with Crippen LogP contribution in [0.25, 0.3) is 11.3 Å². The Morgan fingerprint density at radius 2 is 2.12 bits per heavy atom. The number of aromatic amines is 1. The molecule has 1 atom stereocenters. The summed E-state index contributed by atoms with van der Waals surface area (Å²) in [7, 11) is 0. The number of carbonyl (C=O) groups is 1. The molecule has 1 aromatic carbocycles.